The van der Waals surface area contributed by atoms with Crippen molar-refractivity contribution in [3.05, 3.63) is 125 Å². The predicted octanol–water partition coefficient (Wildman–Crippen LogP) is 4.56. The number of ketones is 1. The fourth-order valence-electron chi connectivity index (χ4n) is 5.55. The Hall–Kier alpha value is -5.20. The minimum atomic E-state index is -0.953. The van der Waals surface area contributed by atoms with Gasteiger partial charge in [-0.25, -0.2) is 9.37 Å². The summed E-state index contributed by atoms with van der Waals surface area (Å²) in [5, 5.41) is 12.2. The van der Waals surface area contributed by atoms with Crippen molar-refractivity contribution in [1.82, 2.24) is 25.9 Å². The van der Waals surface area contributed by atoms with Gasteiger partial charge in [-0.05, 0) is 58.6 Å². The number of hydrogen-bond acceptors (Lipinski definition) is 8. The van der Waals surface area contributed by atoms with E-state index >= 15 is 0 Å². The third-order valence-corrected chi connectivity index (χ3v) is 9.14. The number of imidazole rings is 1. The number of esters is 1. The van der Waals surface area contributed by atoms with Crippen LogP contribution in [0.4, 0.5) is 4.39 Å². The average Bonchev–Trinajstić information content (AvgIpc) is 3.79. The lowest BCUT2D eigenvalue weighted by Crippen LogP contribution is -2.54. The molecule has 4 N–H and O–H groups in total. The van der Waals surface area contributed by atoms with E-state index in [1.807, 2.05) is 60.0 Å². The van der Waals surface area contributed by atoms with Crippen molar-refractivity contribution in [2.75, 3.05) is 13.7 Å². The summed E-state index contributed by atoms with van der Waals surface area (Å²) in [5.41, 5.74) is 2.94. The van der Waals surface area contributed by atoms with Crippen LogP contribution in [-0.4, -0.2) is 65.3 Å². The number of H-pyrrole nitrogens is 1. The van der Waals surface area contributed by atoms with Gasteiger partial charge in [0.15, 0.2) is 5.78 Å². The van der Waals surface area contributed by atoms with E-state index in [0.29, 0.717) is 18.4 Å². The quantitative estimate of drug-likeness (QED) is 0.0832. The van der Waals surface area contributed by atoms with Crippen LogP contribution in [0.1, 0.15) is 40.0 Å². The predicted molar refractivity (Wildman–Crippen MR) is 186 cm³/mol. The summed E-state index contributed by atoms with van der Waals surface area (Å²) < 4.78 is 19.4. The molecule has 10 nitrogen and oxygen atoms in total. The lowest BCUT2D eigenvalue weighted by molar-refractivity contribution is -0.143. The molecule has 3 atom stereocenters. The van der Waals surface area contributed by atoms with Crippen molar-refractivity contribution in [3.8, 4) is 0 Å². The summed E-state index contributed by atoms with van der Waals surface area (Å²) >= 11 is 1.56. The Kier molecular flexibility index (Phi) is 12.4. The molecule has 12 heteroatoms. The zero-order valence-electron chi connectivity index (χ0n) is 27.0. The Morgan fingerprint density at radius 3 is 2.37 bits per heavy atom. The van der Waals surface area contributed by atoms with E-state index in [1.165, 1.54) is 37.7 Å². The largest absolute Gasteiger partial charge is 0.468 e. The number of benzene rings is 3. The molecule has 2 heterocycles. The van der Waals surface area contributed by atoms with Crippen molar-refractivity contribution in [1.29, 1.82) is 0 Å². The molecule has 0 fully saturated rings. The van der Waals surface area contributed by atoms with E-state index < -0.39 is 41.7 Å². The molecule has 0 saturated heterocycles. The summed E-state index contributed by atoms with van der Waals surface area (Å²) in [7, 11) is 1.32. The zero-order chi connectivity index (χ0) is 34.6. The number of amides is 2. The second kappa shape index (κ2) is 17.3. The van der Waals surface area contributed by atoms with Crippen LogP contribution < -0.4 is 16.0 Å². The minimum Gasteiger partial charge on any atom is -0.468 e. The second-order valence-electron chi connectivity index (χ2n) is 11.7. The van der Waals surface area contributed by atoms with Gasteiger partial charge in [-0.1, -0.05) is 48.5 Å². The summed E-state index contributed by atoms with van der Waals surface area (Å²) in [6, 6.07) is 20.5. The Bertz CT molecular complexity index is 1850. The van der Waals surface area contributed by atoms with Gasteiger partial charge in [0.2, 0.25) is 11.8 Å². The first kappa shape index (κ1) is 35.1. The highest BCUT2D eigenvalue weighted by molar-refractivity contribution is 7.17. The molecule has 0 radical (unpaired) electrons. The molecule has 2 aromatic heterocycles. The van der Waals surface area contributed by atoms with Gasteiger partial charge < -0.3 is 25.7 Å². The summed E-state index contributed by atoms with van der Waals surface area (Å²) in [5.74, 6) is -2.07. The van der Waals surface area contributed by atoms with E-state index in [4.69, 9.17) is 4.74 Å². The number of aromatic amines is 1. The Morgan fingerprint density at radius 2 is 1.63 bits per heavy atom. The molecule has 3 aromatic carbocycles. The molecule has 0 aliphatic heterocycles. The van der Waals surface area contributed by atoms with Crippen LogP contribution in [0.25, 0.3) is 10.1 Å². The van der Waals surface area contributed by atoms with Crippen LogP contribution in [0.15, 0.2) is 96.8 Å². The molecule has 254 valence electrons. The van der Waals surface area contributed by atoms with Gasteiger partial charge in [0.1, 0.15) is 17.9 Å². The molecular formula is C37H38FN5O5S. The van der Waals surface area contributed by atoms with Crippen molar-refractivity contribution >= 4 is 45.0 Å². The number of Topliss-reactive ketones (excluding diaryl/α,β-unsaturated/α-hetero) is 1. The van der Waals surface area contributed by atoms with Crippen molar-refractivity contribution in [2.45, 2.75) is 50.2 Å². The fraction of sp³-hybridized carbons (Fsp3) is 0.270. The molecule has 2 amide bonds. The first-order valence-electron chi connectivity index (χ1n) is 15.9. The second-order valence-corrected chi connectivity index (χ2v) is 12.6. The maximum absolute atomic E-state index is 14.1. The number of methoxy groups -OCH3 is 1. The Labute approximate surface area is 287 Å². The van der Waals surface area contributed by atoms with Gasteiger partial charge in [-0.3, -0.25) is 19.2 Å². The number of thiophene rings is 1. The summed E-state index contributed by atoms with van der Waals surface area (Å²) in [4.78, 5) is 59.6. The highest BCUT2D eigenvalue weighted by Gasteiger charge is 2.27. The van der Waals surface area contributed by atoms with E-state index in [2.05, 4.69) is 25.9 Å². The number of ether oxygens (including phenoxy) is 1. The minimum absolute atomic E-state index is 0.0982. The lowest BCUT2D eigenvalue weighted by Gasteiger charge is -2.26. The van der Waals surface area contributed by atoms with E-state index in [9.17, 15) is 23.6 Å². The standard InChI is InChI=1S/C37H38FN5O5S/c1-48-37(47)32(19-28-20-39-23-41-28)40-21-29(17-24-7-3-2-4-8-24)42-36(46)31(18-26-22-49-34-10-6-5-9-30(26)34)43-35(45)16-15-33(44)25-11-13-27(38)14-12-25/h2-14,20,22-23,29,31-32,40H,15-19,21H2,1H3,(H,39,41)(H,42,46)(H,43,45)/t29-,31+,32+/m1/s1. The maximum Gasteiger partial charge on any atom is 0.323 e. The third-order valence-electron chi connectivity index (χ3n) is 8.13. The molecule has 0 unspecified atom stereocenters. The SMILES string of the molecule is COC(=O)[C@H](Cc1cnc[nH]1)NC[C@@H](Cc1ccccc1)NC(=O)[C@H](Cc1csc2ccccc12)NC(=O)CCC(=O)c1ccc(F)cc1. The van der Waals surface area contributed by atoms with E-state index in [1.54, 1.807) is 17.5 Å². The van der Waals surface area contributed by atoms with Crippen LogP contribution >= 0.6 is 11.3 Å². The molecule has 5 rings (SSSR count). The molecule has 0 bridgehead atoms. The molecule has 0 spiro atoms. The van der Waals surface area contributed by atoms with Crippen LogP contribution in [0.2, 0.25) is 0 Å². The first-order valence-corrected chi connectivity index (χ1v) is 16.8. The first-order chi connectivity index (χ1) is 23.8. The van der Waals surface area contributed by atoms with Crippen LogP contribution in [0.3, 0.4) is 0 Å². The van der Waals surface area contributed by atoms with Gasteiger partial charge in [0, 0.05) is 60.4 Å². The van der Waals surface area contributed by atoms with Gasteiger partial charge in [0.05, 0.1) is 13.4 Å². The average molecular weight is 684 g/mol. The normalized spacial score (nSPS) is 12.9. The van der Waals surface area contributed by atoms with Crippen molar-refractivity contribution in [2.24, 2.45) is 0 Å². The number of nitrogens with zero attached hydrogens (tertiary/aromatic N) is 1. The number of fused-ring (bicyclic) bond motifs is 1. The van der Waals surface area contributed by atoms with E-state index in [0.717, 1.165) is 26.9 Å². The number of rotatable bonds is 17. The Morgan fingerprint density at radius 1 is 0.878 bits per heavy atom. The number of aromatic nitrogens is 2. The number of carbonyl (C=O) groups is 4. The third kappa shape index (κ3) is 10.1. The van der Waals surface area contributed by atoms with Gasteiger partial charge in [-0.2, -0.15) is 0 Å². The zero-order valence-corrected chi connectivity index (χ0v) is 27.8. The van der Waals surface area contributed by atoms with E-state index in [-0.39, 0.29) is 31.6 Å². The lowest BCUT2D eigenvalue weighted by atomic mass is 10.0. The van der Waals surface area contributed by atoms with Gasteiger partial charge in [0.25, 0.3) is 0 Å². The molecule has 0 aliphatic carbocycles. The maximum atomic E-state index is 14.1. The van der Waals surface area contributed by atoms with Crippen molar-refractivity contribution in [3.63, 3.8) is 0 Å². The topological polar surface area (TPSA) is 142 Å². The van der Waals surface area contributed by atoms with Gasteiger partial charge >= 0.3 is 5.97 Å². The number of halogens is 1. The smallest absolute Gasteiger partial charge is 0.323 e. The number of nitrogens with one attached hydrogen (secondary N) is 4. The summed E-state index contributed by atoms with van der Waals surface area (Å²) in [6.07, 6.45) is 3.91. The van der Waals surface area contributed by atoms with Crippen LogP contribution in [0.5, 0.6) is 0 Å². The number of hydrogen-bond donors (Lipinski definition) is 4. The van der Waals surface area contributed by atoms with Crippen LogP contribution in [0, 0.1) is 5.82 Å². The molecule has 5 aromatic rings. The summed E-state index contributed by atoms with van der Waals surface area (Å²) in [6.45, 7) is 0.225. The van der Waals surface area contributed by atoms with Gasteiger partial charge in [-0.15, -0.1) is 11.3 Å². The molecule has 0 saturated carbocycles. The van der Waals surface area contributed by atoms with Crippen molar-refractivity contribution < 1.29 is 28.3 Å². The Balaban J connectivity index is 1.32. The molecule has 49 heavy (non-hydrogen) atoms. The fourth-order valence-corrected chi connectivity index (χ4v) is 6.53. The monoisotopic (exact) mass is 683 g/mol. The molecular weight excluding hydrogens is 646 g/mol. The molecule has 0 aliphatic rings. The highest BCUT2D eigenvalue weighted by Crippen LogP contribution is 2.26. The highest BCUT2D eigenvalue weighted by atomic mass is 32.1. The number of carbonyl (C=O) groups excluding carboxylic acids is 4. The van der Waals surface area contributed by atoms with Crippen LogP contribution in [-0.2, 0) is 38.4 Å².